The predicted octanol–water partition coefficient (Wildman–Crippen LogP) is 2.00. The molecular weight excluding hydrogens is 254 g/mol. The Morgan fingerprint density at radius 1 is 1.30 bits per heavy atom. The summed E-state index contributed by atoms with van der Waals surface area (Å²) < 4.78 is 4.95. The third-order valence-electron chi connectivity index (χ3n) is 3.37. The van der Waals surface area contributed by atoms with Gasteiger partial charge in [-0.1, -0.05) is 29.4 Å². The van der Waals surface area contributed by atoms with Crippen molar-refractivity contribution in [2.45, 2.75) is 32.7 Å². The van der Waals surface area contributed by atoms with Crippen molar-refractivity contribution in [3.8, 4) is 0 Å². The SMILES string of the molecule is Cc1nc(Cc2ccc(CNC(=O)C3CC3)cc2)no1. The zero-order chi connectivity index (χ0) is 13.9. The number of hydrogen-bond donors (Lipinski definition) is 1. The van der Waals surface area contributed by atoms with E-state index in [1.165, 1.54) is 0 Å². The maximum Gasteiger partial charge on any atom is 0.223 e. The Labute approximate surface area is 117 Å². The third kappa shape index (κ3) is 3.23. The lowest BCUT2D eigenvalue weighted by Gasteiger charge is -2.05. The zero-order valence-corrected chi connectivity index (χ0v) is 11.4. The van der Waals surface area contributed by atoms with Gasteiger partial charge in [-0.3, -0.25) is 4.79 Å². The van der Waals surface area contributed by atoms with Gasteiger partial charge in [0, 0.05) is 25.8 Å². The predicted molar refractivity (Wildman–Crippen MR) is 72.9 cm³/mol. The number of benzene rings is 1. The van der Waals surface area contributed by atoms with Gasteiger partial charge < -0.3 is 9.84 Å². The summed E-state index contributed by atoms with van der Waals surface area (Å²) in [4.78, 5) is 15.7. The Morgan fingerprint density at radius 2 is 2.00 bits per heavy atom. The summed E-state index contributed by atoms with van der Waals surface area (Å²) >= 11 is 0. The van der Waals surface area contributed by atoms with Crippen LogP contribution in [-0.2, 0) is 17.8 Å². The average Bonchev–Trinajstić information content (AvgIpc) is 3.22. The van der Waals surface area contributed by atoms with Gasteiger partial charge in [-0.05, 0) is 24.0 Å². The number of amides is 1. The second-order valence-corrected chi connectivity index (χ2v) is 5.21. The monoisotopic (exact) mass is 271 g/mol. The van der Waals surface area contributed by atoms with Crippen LogP contribution in [0.15, 0.2) is 28.8 Å². The maximum absolute atomic E-state index is 11.6. The van der Waals surface area contributed by atoms with Crippen molar-refractivity contribution in [3.63, 3.8) is 0 Å². The van der Waals surface area contributed by atoms with E-state index in [-0.39, 0.29) is 11.8 Å². The van der Waals surface area contributed by atoms with Crippen LogP contribution in [0.4, 0.5) is 0 Å². The molecule has 1 aliphatic rings. The molecule has 0 radical (unpaired) electrons. The summed E-state index contributed by atoms with van der Waals surface area (Å²) in [6.45, 7) is 2.37. The van der Waals surface area contributed by atoms with Gasteiger partial charge in [-0.15, -0.1) is 0 Å². The summed E-state index contributed by atoms with van der Waals surface area (Å²) in [5.74, 6) is 1.71. The van der Waals surface area contributed by atoms with E-state index in [2.05, 4.69) is 15.5 Å². The fourth-order valence-corrected chi connectivity index (χ4v) is 2.05. The Morgan fingerprint density at radius 3 is 2.60 bits per heavy atom. The van der Waals surface area contributed by atoms with Crippen LogP contribution in [-0.4, -0.2) is 16.0 Å². The fraction of sp³-hybridized carbons (Fsp3) is 0.400. The van der Waals surface area contributed by atoms with Crippen LogP contribution in [0.25, 0.3) is 0 Å². The highest BCUT2D eigenvalue weighted by Gasteiger charge is 2.29. The molecule has 1 fully saturated rings. The molecule has 1 N–H and O–H groups in total. The molecule has 1 aliphatic carbocycles. The van der Waals surface area contributed by atoms with E-state index in [4.69, 9.17) is 4.52 Å². The van der Waals surface area contributed by atoms with Crippen LogP contribution < -0.4 is 5.32 Å². The second-order valence-electron chi connectivity index (χ2n) is 5.21. The molecule has 0 bridgehead atoms. The molecule has 0 aliphatic heterocycles. The van der Waals surface area contributed by atoms with Gasteiger partial charge in [-0.2, -0.15) is 4.98 Å². The minimum Gasteiger partial charge on any atom is -0.352 e. The van der Waals surface area contributed by atoms with Crippen molar-refractivity contribution in [2.75, 3.05) is 0 Å². The van der Waals surface area contributed by atoms with Crippen molar-refractivity contribution in [1.82, 2.24) is 15.5 Å². The van der Waals surface area contributed by atoms with Gasteiger partial charge in [-0.25, -0.2) is 0 Å². The lowest BCUT2D eigenvalue weighted by Crippen LogP contribution is -2.24. The first-order valence-corrected chi connectivity index (χ1v) is 6.85. The van der Waals surface area contributed by atoms with Gasteiger partial charge in [0.05, 0.1) is 0 Å². The van der Waals surface area contributed by atoms with E-state index >= 15 is 0 Å². The molecular formula is C15H17N3O2. The molecule has 0 unspecified atom stereocenters. The van der Waals surface area contributed by atoms with E-state index in [0.29, 0.717) is 24.7 Å². The van der Waals surface area contributed by atoms with E-state index in [9.17, 15) is 4.79 Å². The van der Waals surface area contributed by atoms with Crippen molar-refractivity contribution < 1.29 is 9.32 Å². The largest absolute Gasteiger partial charge is 0.352 e. The van der Waals surface area contributed by atoms with Gasteiger partial charge in [0.2, 0.25) is 11.8 Å². The highest BCUT2D eigenvalue weighted by molar-refractivity contribution is 5.80. The van der Waals surface area contributed by atoms with Crippen molar-refractivity contribution in [3.05, 3.63) is 47.1 Å². The minimum absolute atomic E-state index is 0.177. The van der Waals surface area contributed by atoms with Gasteiger partial charge in [0.25, 0.3) is 0 Å². The number of carbonyl (C=O) groups excluding carboxylic acids is 1. The zero-order valence-electron chi connectivity index (χ0n) is 11.4. The molecule has 1 aromatic heterocycles. The first-order chi connectivity index (χ1) is 9.70. The number of hydrogen-bond acceptors (Lipinski definition) is 4. The first kappa shape index (κ1) is 12.8. The molecule has 2 aromatic rings. The number of rotatable bonds is 5. The Balaban J connectivity index is 1.55. The summed E-state index contributed by atoms with van der Waals surface area (Å²) in [5, 5.41) is 6.83. The van der Waals surface area contributed by atoms with Crippen molar-refractivity contribution in [2.24, 2.45) is 5.92 Å². The topological polar surface area (TPSA) is 68.0 Å². The minimum atomic E-state index is 0.177. The lowest BCUT2D eigenvalue weighted by molar-refractivity contribution is -0.122. The first-order valence-electron chi connectivity index (χ1n) is 6.85. The number of nitrogens with one attached hydrogen (secondary N) is 1. The molecule has 20 heavy (non-hydrogen) atoms. The summed E-state index contributed by atoms with van der Waals surface area (Å²) in [6.07, 6.45) is 2.73. The fourth-order valence-electron chi connectivity index (χ4n) is 2.05. The van der Waals surface area contributed by atoms with Crippen molar-refractivity contribution in [1.29, 1.82) is 0 Å². The highest BCUT2D eigenvalue weighted by atomic mass is 16.5. The summed E-state index contributed by atoms with van der Waals surface area (Å²) in [7, 11) is 0. The van der Waals surface area contributed by atoms with Gasteiger partial charge in [0.15, 0.2) is 5.82 Å². The molecule has 5 nitrogen and oxygen atoms in total. The smallest absolute Gasteiger partial charge is 0.223 e. The standard InChI is InChI=1S/C15H17N3O2/c1-10-17-14(18-20-10)8-11-2-4-12(5-3-11)9-16-15(19)13-6-7-13/h2-5,13H,6-9H2,1H3,(H,16,19). The van der Waals surface area contributed by atoms with E-state index in [1.54, 1.807) is 6.92 Å². The Kier molecular flexibility index (Phi) is 3.50. The maximum atomic E-state index is 11.6. The molecule has 3 rings (SSSR count). The second kappa shape index (κ2) is 5.45. The number of carbonyl (C=O) groups is 1. The average molecular weight is 271 g/mol. The molecule has 5 heteroatoms. The van der Waals surface area contributed by atoms with E-state index < -0.39 is 0 Å². The van der Waals surface area contributed by atoms with Gasteiger partial charge in [0.1, 0.15) is 0 Å². The molecule has 1 amide bonds. The number of aromatic nitrogens is 2. The van der Waals surface area contributed by atoms with Gasteiger partial charge >= 0.3 is 0 Å². The summed E-state index contributed by atoms with van der Waals surface area (Å²) in [5.41, 5.74) is 2.23. The lowest BCUT2D eigenvalue weighted by atomic mass is 10.1. The molecule has 1 aromatic carbocycles. The van der Waals surface area contributed by atoms with E-state index in [1.807, 2.05) is 24.3 Å². The van der Waals surface area contributed by atoms with Crippen LogP contribution in [0.5, 0.6) is 0 Å². The highest BCUT2D eigenvalue weighted by Crippen LogP contribution is 2.28. The number of aryl methyl sites for hydroxylation is 1. The van der Waals surface area contributed by atoms with E-state index in [0.717, 1.165) is 24.0 Å². The third-order valence-corrected chi connectivity index (χ3v) is 3.37. The molecule has 104 valence electrons. The molecule has 0 atom stereocenters. The van der Waals surface area contributed by atoms with Crippen LogP contribution in [0, 0.1) is 12.8 Å². The van der Waals surface area contributed by atoms with Crippen LogP contribution in [0.2, 0.25) is 0 Å². The molecule has 1 saturated carbocycles. The Hall–Kier alpha value is -2.17. The molecule has 0 saturated heterocycles. The van der Waals surface area contributed by atoms with Crippen LogP contribution in [0.3, 0.4) is 0 Å². The van der Waals surface area contributed by atoms with Crippen LogP contribution in [0.1, 0.15) is 35.7 Å². The quantitative estimate of drug-likeness (QED) is 0.903. The molecule has 0 spiro atoms. The van der Waals surface area contributed by atoms with Crippen LogP contribution >= 0.6 is 0 Å². The normalized spacial score (nSPS) is 14.2. The summed E-state index contributed by atoms with van der Waals surface area (Å²) in [6, 6.07) is 8.11. The number of nitrogens with zero attached hydrogens (tertiary/aromatic N) is 2. The molecule has 1 heterocycles. The van der Waals surface area contributed by atoms with Crippen molar-refractivity contribution >= 4 is 5.91 Å². The Bertz CT molecular complexity index is 600.